The van der Waals surface area contributed by atoms with Gasteiger partial charge in [0.15, 0.2) is 5.78 Å². The summed E-state index contributed by atoms with van der Waals surface area (Å²) in [5.41, 5.74) is 2.55. The van der Waals surface area contributed by atoms with Gasteiger partial charge in [-0.2, -0.15) is 0 Å². The van der Waals surface area contributed by atoms with Crippen LogP contribution in [0.1, 0.15) is 20.2 Å². The smallest absolute Gasteiger partial charge is 0.179 e. The maximum atomic E-state index is 11.9. The lowest BCUT2D eigenvalue weighted by atomic mass is 10.2. The van der Waals surface area contributed by atoms with Crippen molar-refractivity contribution in [1.29, 1.82) is 0 Å². The zero-order valence-electron chi connectivity index (χ0n) is 7.99. The summed E-state index contributed by atoms with van der Waals surface area (Å²) in [5, 5.41) is 0. The Hall–Kier alpha value is -0.520. The Bertz CT molecular complexity index is 489. The predicted molar refractivity (Wildman–Crippen MR) is 66.9 cm³/mol. The number of aryl methyl sites for hydroxylation is 1. The molecule has 0 fully saturated rings. The minimum Gasteiger partial charge on any atom is -0.293 e. The first-order valence-corrected chi connectivity index (χ1v) is 6.83. The Kier molecular flexibility index (Phi) is 3.33. The van der Waals surface area contributed by atoms with Crippen LogP contribution in [0.5, 0.6) is 0 Å². The number of rotatable bonds is 3. The fourth-order valence-corrected chi connectivity index (χ4v) is 3.48. The minimum absolute atomic E-state index is 0.157. The van der Waals surface area contributed by atoms with Crippen LogP contribution in [0.25, 0.3) is 0 Å². The van der Waals surface area contributed by atoms with Gasteiger partial charge >= 0.3 is 0 Å². The molecule has 0 aliphatic heterocycles. The molecule has 5 heteroatoms. The number of ketones is 1. The normalized spacial score (nSPS) is 10.5. The number of thiazole rings is 1. The molecule has 0 spiro atoms. The van der Waals surface area contributed by atoms with Crippen LogP contribution >= 0.6 is 38.6 Å². The largest absolute Gasteiger partial charge is 0.293 e. The number of aromatic nitrogens is 1. The quantitative estimate of drug-likeness (QED) is 0.809. The Labute approximate surface area is 104 Å². The van der Waals surface area contributed by atoms with Crippen molar-refractivity contribution in [2.24, 2.45) is 0 Å². The van der Waals surface area contributed by atoms with Crippen molar-refractivity contribution in [3.63, 3.8) is 0 Å². The van der Waals surface area contributed by atoms with Gasteiger partial charge in [0.2, 0.25) is 0 Å². The molecule has 0 unspecified atom stereocenters. The Morgan fingerprint density at radius 1 is 1.53 bits per heavy atom. The van der Waals surface area contributed by atoms with Crippen molar-refractivity contribution in [2.75, 3.05) is 0 Å². The third kappa shape index (κ3) is 2.53. The number of carbonyl (C=O) groups excluding carboxylic acids is 1. The molecule has 15 heavy (non-hydrogen) atoms. The highest BCUT2D eigenvalue weighted by molar-refractivity contribution is 9.11. The van der Waals surface area contributed by atoms with Gasteiger partial charge in [0.1, 0.15) is 0 Å². The van der Waals surface area contributed by atoms with Crippen LogP contribution in [-0.2, 0) is 6.42 Å². The first-order valence-electron chi connectivity index (χ1n) is 4.34. The molecule has 0 N–H and O–H groups in total. The molecule has 0 aromatic carbocycles. The van der Waals surface area contributed by atoms with Crippen LogP contribution in [0, 0.1) is 6.92 Å². The van der Waals surface area contributed by atoms with E-state index in [4.69, 9.17) is 0 Å². The number of hydrogen-bond acceptors (Lipinski definition) is 4. The summed E-state index contributed by atoms with van der Waals surface area (Å²) >= 11 is 6.40. The molecule has 0 bridgehead atoms. The Balaban J connectivity index is 2.14. The van der Waals surface area contributed by atoms with Gasteiger partial charge in [-0.3, -0.25) is 4.79 Å². The zero-order valence-corrected chi connectivity index (χ0v) is 11.2. The van der Waals surface area contributed by atoms with Crippen molar-refractivity contribution < 1.29 is 4.79 Å². The molecule has 2 aromatic rings. The number of thiophene rings is 1. The van der Waals surface area contributed by atoms with Crippen molar-refractivity contribution in [2.45, 2.75) is 13.3 Å². The predicted octanol–water partition coefficient (Wildman–Crippen LogP) is 3.70. The second kappa shape index (κ2) is 4.55. The van der Waals surface area contributed by atoms with Gasteiger partial charge in [-0.15, -0.1) is 22.7 Å². The Morgan fingerprint density at radius 3 is 2.87 bits per heavy atom. The van der Waals surface area contributed by atoms with Gasteiger partial charge in [-0.05, 0) is 35.0 Å². The van der Waals surface area contributed by atoms with E-state index in [9.17, 15) is 4.79 Å². The number of carbonyl (C=O) groups is 1. The molecule has 2 nitrogen and oxygen atoms in total. The SMILES string of the molecule is Cc1ncsc1C(=O)Cc1ccc(Br)s1. The van der Waals surface area contributed by atoms with E-state index in [1.54, 1.807) is 16.8 Å². The topological polar surface area (TPSA) is 30.0 Å². The fraction of sp³-hybridized carbons (Fsp3) is 0.200. The molecule has 0 radical (unpaired) electrons. The van der Waals surface area contributed by atoms with E-state index in [1.807, 2.05) is 19.1 Å². The highest BCUT2D eigenvalue weighted by Gasteiger charge is 2.13. The van der Waals surface area contributed by atoms with Crippen LogP contribution in [0.4, 0.5) is 0 Å². The van der Waals surface area contributed by atoms with Crippen molar-refractivity contribution in [3.05, 3.63) is 36.9 Å². The van der Waals surface area contributed by atoms with E-state index < -0.39 is 0 Å². The van der Waals surface area contributed by atoms with Crippen LogP contribution in [0.2, 0.25) is 0 Å². The monoisotopic (exact) mass is 301 g/mol. The first kappa shape index (κ1) is 11.0. The van der Waals surface area contributed by atoms with E-state index in [0.29, 0.717) is 6.42 Å². The van der Waals surface area contributed by atoms with Gasteiger partial charge in [0.05, 0.1) is 19.9 Å². The molecule has 0 saturated heterocycles. The highest BCUT2D eigenvalue weighted by atomic mass is 79.9. The van der Waals surface area contributed by atoms with E-state index in [1.165, 1.54) is 11.3 Å². The summed E-state index contributed by atoms with van der Waals surface area (Å²) in [6.45, 7) is 1.87. The van der Waals surface area contributed by atoms with Gasteiger partial charge in [-0.1, -0.05) is 0 Å². The number of halogens is 1. The van der Waals surface area contributed by atoms with Crippen molar-refractivity contribution in [1.82, 2.24) is 4.98 Å². The summed E-state index contributed by atoms with van der Waals surface area (Å²) in [5.74, 6) is 0.157. The number of hydrogen-bond donors (Lipinski definition) is 0. The summed E-state index contributed by atoms with van der Waals surface area (Å²) in [7, 11) is 0. The van der Waals surface area contributed by atoms with E-state index >= 15 is 0 Å². The number of Topliss-reactive ketones (excluding diaryl/α,β-unsaturated/α-hetero) is 1. The summed E-state index contributed by atoms with van der Waals surface area (Å²) in [4.78, 5) is 17.8. The van der Waals surface area contributed by atoms with Crippen LogP contribution in [0.15, 0.2) is 21.4 Å². The zero-order chi connectivity index (χ0) is 10.8. The molecule has 0 amide bonds. The lowest BCUT2D eigenvalue weighted by Crippen LogP contribution is -2.01. The van der Waals surface area contributed by atoms with E-state index in [2.05, 4.69) is 20.9 Å². The van der Waals surface area contributed by atoms with Crippen LogP contribution in [-0.4, -0.2) is 10.8 Å². The average Bonchev–Trinajstić information content (AvgIpc) is 2.75. The molecule has 2 heterocycles. The molecule has 0 aliphatic carbocycles. The molecule has 0 aliphatic rings. The molecule has 2 rings (SSSR count). The van der Waals surface area contributed by atoms with Gasteiger partial charge in [0.25, 0.3) is 0 Å². The van der Waals surface area contributed by atoms with Gasteiger partial charge in [0, 0.05) is 11.3 Å². The molecular formula is C10H8BrNOS2. The van der Waals surface area contributed by atoms with Crippen LogP contribution < -0.4 is 0 Å². The van der Waals surface area contributed by atoms with E-state index in [-0.39, 0.29) is 5.78 Å². The van der Waals surface area contributed by atoms with Crippen molar-refractivity contribution >= 4 is 44.4 Å². The minimum atomic E-state index is 0.157. The summed E-state index contributed by atoms with van der Waals surface area (Å²) < 4.78 is 1.06. The average molecular weight is 302 g/mol. The highest BCUT2D eigenvalue weighted by Crippen LogP contribution is 2.24. The standard InChI is InChI=1S/C10H8BrNOS2/c1-6-10(14-5-12-6)8(13)4-7-2-3-9(11)15-7/h2-3,5H,4H2,1H3. The number of nitrogens with zero attached hydrogens (tertiary/aromatic N) is 1. The van der Waals surface area contributed by atoms with Gasteiger partial charge < -0.3 is 0 Å². The second-order valence-corrected chi connectivity index (χ2v) is 6.48. The Morgan fingerprint density at radius 2 is 2.33 bits per heavy atom. The second-order valence-electron chi connectivity index (χ2n) is 3.07. The third-order valence-electron chi connectivity index (χ3n) is 1.96. The lowest BCUT2D eigenvalue weighted by Gasteiger charge is -1.95. The summed E-state index contributed by atoms with van der Waals surface area (Å²) in [6, 6.07) is 3.94. The summed E-state index contributed by atoms with van der Waals surface area (Å²) in [6.07, 6.45) is 0.472. The van der Waals surface area contributed by atoms with E-state index in [0.717, 1.165) is 19.2 Å². The lowest BCUT2D eigenvalue weighted by molar-refractivity contribution is 0.0997. The van der Waals surface area contributed by atoms with Crippen LogP contribution in [0.3, 0.4) is 0 Å². The molecule has 2 aromatic heterocycles. The fourth-order valence-electron chi connectivity index (χ4n) is 1.25. The first-order chi connectivity index (χ1) is 7.16. The molecule has 78 valence electrons. The van der Waals surface area contributed by atoms with Gasteiger partial charge in [-0.25, -0.2) is 4.98 Å². The maximum absolute atomic E-state index is 11.9. The third-order valence-corrected chi connectivity index (χ3v) is 4.56. The molecular weight excluding hydrogens is 294 g/mol. The molecule has 0 atom stereocenters. The maximum Gasteiger partial charge on any atom is 0.179 e. The molecule has 0 saturated carbocycles. The van der Waals surface area contributed by atoms with Crippen molar-refractivity contribution in [3.8, 4) is 0 Å².